The molecular formula is C13H22N4S. The van der Waals surface area contributed by atoms with Crippen LogP contribution in [0, 0.1) is 6.92 Å². The highest BCUT2D eigenvalue weighted by Gasteiger charge is 2.14. The van der Waals surface area contributed by atoms with Crippen molar-refractivity contribution in [3.8, 4) is 0 Å². The Labute approximate surface area is 113 Å². The number of hydrogen-bond donors (Lipinski definition) is 2. The highest BCUT2D eigenvalue weighted by Crippen LogP contribution is 2.20. The predicted octanol–water partition coefficient (Wildman–Crippen LogP) is 2.91. The van der Waals surface area contributed by atoms with Crippen LogP contribution < -0.4 is 10.6 Å². The Bertz CT molecular complexity index is 377. The highest BCUT2D eigenvalue weighted by molar-refractivity contribution is 7.99. The van der Waals surface area contributed by atoms with E-state index in [4.69, 9.17) is 0 Å². The maximum absolute atomic E-state index is 4.53. The predicted molar refractivity (Wildman–Crippen MR) is 79.5 cm³/mol. The van der Waals surface area contributed by atoms with Gasteiger partial charge < -0.3 is 10.6 Å². The van der Waals surface area contributed by atoms with Crippen LogP contribution in [0.2, 0.25) is 0 Å². The van der Waals surface area contributed by atoms with Crippen molar-refractivity contribution < 1.29 is 0 Å². The molecule has 5 heteroatoms. The first-order valence-corrected chi connectivity index (χ1v) is 7.87. The molecule has 2 N–H and O–H groups in total. The molecule has 18 heavy (non-hydrogen) atoms. The lowest BCUT2D eigenvalue weighted by Gasteiger charge is -2.23. The van der Waals surface area contributed by atoms with Crippen LogP contribution in [-0.2, 0) is 0 Å². The van der Waals surface area contributed by atoms with Gasteiger partial charge in [0.25, 0.3) is 0 Å². The van der Waals surface area contributed by atoms with Gasteiger partial charge in [0.15, 0.2) is 0 Å². The Kier molecular flexibility index (Phi) is 5.11. The zero-order valence-electron chi connectivity index (χ0n) is 11.2. The van der Waals surface area contributed by atoms with E-state index in [-0.39, 0.29) is 0 Å². The van der Waals surface area contributed by atoms with Crippen LogP contribution in [0.3, 0.4) is 0 Å². The first-order chi connectivity index (χ1) is 8.78. The Morgan fingerprint density at radius 2 is 2.11 bits per heavy atom. The summed E-state index contributed by atoms with van der Waals surface area (Å²) in [7, 11) is 0. The van der Waals surface area contributed by atoms with Crippen LogP contribution in [0.5, 0.6) is 0 Å². The summed E-state index contributed by atoms with van der Waals surface area (Å²) in [6.45, 7) is 5.07. The lowest BCUT2D eigenvalue weighted by atomic mass is 10.1. The Hall–Kier alpha value is -0.970. The van der Waals surface area contributed by atoms with Gasteiger partial charge in [0.05, 0.1) is 0 Å². The molecule has 0 atom stereocenters. The molecule has 0 saturated carbocycles. The molecule has 0 unspecified atom stereocenters. The number of anilines is 2. The molecule has 4 nitrogen and oxygen atoms in total. The van der Waals surface area contributed by atoms with E-state index in [1.54, 1.807) is 0 Å². The van der Waals surface area contributed by atoms with Crippen LogP contribution in [0.1, 0.15) is 31.9 Å². The van der Waals surface area contributed by atoms with Crippen LogP contribution in [0.4, 0.5) is 11.8 Å². The molecule has 0 aliphatic carbocycles. The van der Waals surface area contributed by atoms with E-state index >= 15 is 0 Å². The van der Waals surface area contributed by atoms with Gasteiger partial charge in [0.1, 0.15) is 5.82 Å². The standard InChI is InChI=1S/C13H22N4S/c1-3-6-14-13-15-10(2)9-12(17-13)16-11-4-7-18-8-5-11/h9,11H,3-8H2,1-2H3,(H2,14,15,16,17). The van der Waals surface area contributed by atoms with Gasteiger partial charge in [-0.1, -0.05) is 6.92 Å². The molecule has 0 amide bonds. The van der Waals surface area contributed by atoms with Crippen LogP contribution in [0.25, 0.3) is 0 Å². The van der Waals surface area contributed by atoms with E-state index in [1.807, 2.05) is 24.8 Å². The van der Waals surface area contributed by atoms with Gasteiger partial charge in [-0.05, 0) is 37.7 Å². The zero-order valence-corrected chi connectivity index (χ0v) is 12.0. The van der Waals surface area contributed by atoms with E-state index in [9.17, 15) is 0 Å². The molecule has 0 bridgehead atoms. The van der Waals surface area contributed by atoms with Crippen LogP contribution in [-0.4, -0.2) is 34.1 Å². The van der Waals surface area contributed by atoms with Crippen molar-refractivity contribution in [1.82, 2.24) is 9.97 Å². The topological polar surface area (TPSA) is 49.8 Å². The third-order valence-corrected chi connectivity index (χ3v) is 4.01. The number of nitrogens with zero attached hydrogens (tertiary/aromatic N) is 2. The number of thioether (sulfide) groups is 1. The summed E-state index contributed by atoms with van der Waals surface area (Å²) in [5.41, 5.74) is 1.01. The summed E-state index contributed by atoms with van der Waals surface area (Å²) in [4.78, 5) is 8.92. The summed E-state index contributed by atoms with van der Waals surface area (Å²) in [5, 5.41) is 6.78. The second-order valence-electron chi connectivity index (χ2n) is 4.68. The maximum Gasteiger partial charge on any atom is 0.224 e. The van der Waals surface area contributed by atoms with E-state index in [2.05, 4.69) is 27.5 Å². The molecular weight excluding hydrogens is 244 g/mol. The fourth-order valence-electron chi connectivity index (χ4n) is 2.01. The van der Waals surface area contributed by atoms with Gasteiger partial charge in [-0.2, -0.15) is 16.7 Å². The SMILES string of the molecule is CCCNc1nc(C)cc(NC2CCSCC2)n1. The number of aromatic nitrogens is 2. The molecule has 0 radical (unpaired) electrons. The molecule has 2 heterocycles. The number of nitrogens with one attached hydrogen (secondary N) is 2. The molecule has 1 fully saturated rings. The van der Waals surface area contributed by atoms with E-state index in [1.165, 1.54) is 24.3 Å². The first-order valence-electron chi connectivity index (χ1n) is 6.71. The fraction of sp³-hybridized carbons (Fsp3) is 0.692. The van der Waals surface area contributed by atoms with E-state index in [0.717, 1.165) is 30.4 Å². The van der Waals surface area contributed by atoms with Crippen LogP contribution in [0.15, 0.2) is 6.07 Å². The lowest BCUT2D eigenvalue weighted by Crippen LogP contribution is -2.25. The van der Waals surface area contributed by atoms with Gasteiger partial charge in [0, 0.05) is 24.3 Å². The molecule has 2 rings (SSSR count). The van der Waals surface area contributed by atoms with Gasteiger partial charge in [-0.3, -0.25) is 0 Å². The third kappa shape index (κ3) is 4.05. The average Bonchev–Trinajstić information content (AvgIpc) is 2.37. The summed E-state index contributed by atoms with van der Waals surface area (Å²) >= 11 is 2.04. The summed E-state index contributed by atoms with van der Waals surface area (Å²) < 4.78 is 0. The molecule has 1 aliphatic heterocycles. The number of hydrogen-bond acceptors (Lipinski definition) is 5. The first kappa shape index (κ1) is 13.5. The minimum atomic E-state index is 0.569. The monoisotopic (exact) mass is 266 g/mol. The second kappa shape index (κ2) is 6.83. The Balaban J connectivity index is 1.99. The van der Waals surface area contributed by atoms with E-state index in [0.29, 0.717) is 6.04 Å². The lowest BCUT2D eigenvalue weighted by molar-refractivity contribution is 0.663. The van der Waals surface area contributed by atoms with Crippen molar-refractivity contribution in [2.45, 2.75) is 39.2 Å². The van der Waals surface area contributed by atoms with Crippen molar-refractivity contribution in [2.75, 3.05) is 28.7 Å². The highest BCUT2D eigenvalue weighted by atomic mass is 32.2. The Morgan fingerprint density at radius 1 is 1.33 bits per heavy atom. The third-order valence-electron chi connectivity index (χ3n) is 2.96. The van der Waals surface area contributed by atoms with Crippen molar-refractivity contribution in [3.05, 3.63) is 11.8 Å². The van der Waals surface area contributed by atoms with Gasteiger partial charge in [-0.15, -0.1) is 0 Å². The molecule has 0 aromatic carbocycles. The minimum absolute atomic E-state index is 0.569. The van der Waals surface area contributed by atoms with E-state index < -0.39 is 0 Å². The molecule has 0 spiro atoms. The quantitative estimate of drug-likeness (QED) is 0.858. The molecule has 1 saturated heterocycles. The fourth-order valence-corrected chi connectivity index (χ4v) is 3.12. The normalized spacial score (nSPS) is 16.6. The zero-order chi connectivity index (χ0) is 12.8. The summed E-state index contributed by atoms with van der Waals surface area (Å²) in [6.07, 6.45) is 3.54. The average molecular weight is 266 g/mol. The smallest absolute Gasteiger partial charge is 0.224 e. The van der Waals surface area contributed by atoms with Gasteiger partial charge in [-0.25, -0.2) is 4.98 Å². The van der Waals surface area contributed by atoms with Crippen molar-refractivity contribution in [1.29, 1.82) is 0 Å². The van der Waals surface area contributed by atoms with Crippen molar-refractivity contribution >= 4 is 23.5 Å². The molecule has 100 valence electrons. The molecule has 1 aromatic rings. The molecule has 1 aliphatic rings. The number of rotatable bonds is 5. The van der Waals surface area contributed by atoms with Crippen LogP contribution >= 0.6 is 11.8 Å². The largest absolute Gasteiger partial charge is 0.367 e. The summed E-state index contributed by atoms with van der Waals surface area (Å²) in [5.74, 6) is 4.20. The summed E-state index contributed by atoms with van der Waals surface area (Å²) in [6, 6.07) is 2.60. The van der Waals surface area contributed by atoms with Crippen molar-refractivity contribution in [2.24, 2.45) is 0 Å². The van der Waals surface area contributed by atoms with Gasteiger partial charge in [0.2, 0.25) is 5.95 Å². The van der Waals surface area contributed by atoms with Crippen molar-refractivity contribution in [3.63, 3.8) is 0 Å². The minimum Gasteiger partial charge on any atom is -0.367 e. The second-order valence-corrected chi connectivity index (χ2v) is 5.90. The van der Waals surface area contributed by atoms with Gasteiger partial charge >= 0.3 is 0 Å². The molecule has 1 aromatic heterocycles. The Morgan fingerprint density at radius 3 is 2.83 bits per heavy atom. The number of aryl methyl sites for hydroxylation is 1. The maximum atomic E-state index is 4.53.